The fraction of sp³-hybridized carbons (Fsp3) is 0.296. The summed E-state index contributed by atoms with van der Waals surface area (Å²) in [6, 6.07) is 12.6. The Morgan fingerprint density at radius 2 is 1.46 bits per heavy atom. The van der Waals surface area contributed by atoms with Gasteiger partial charge in [-0.1, -0.05) is 48.5 Å². The number of carbonyl (C=O) groups is 5. The predicted octanol–water partition coefficient (Wildman–Crippen LogP) is -0.284. The lowest BCUT2D eigenvalue weighted by molar-refractivity contribution is -0.142. The van der Waals surface area contributed by atoms with Crippen LogP contribution in [0.2, 0.25) is 0 Å². The van der Waals surface area contributed by atoms with Crippen LogP contribution in [0.15, 0.2) is 60.8 Å². The van der Waals surface area contributed by atoms with Crippen LogP contribution in [0.25, 0.3) is 10.9 Å². The minimum Gasteiger partial charge on any atom is -0.480 e. The summed E-state index contributed by atoms with van der Waals surface area (Å²) in [7, 11) is 0. The second kappa shape index (κ2) is 13.7. The van der Waals surface area contributed by atoms with Gasteiger partial charge in [-0.25, -0.2) is 4.79 Å². The molecular formula is C27H32N6O6. The van der Waals surface area contributed by atoms with Crippen molar-refractivity contribution in [2.45, 2.75) is 43.8 Å². The summed E-state index contributed by atoms with van der Waals surface area (Å²) in [6.45, 7) is -0.349. The fourth-order valence-corrected chi connectivity index (χ4v) is 4.13. The van der Waals surface area contributed by atoms with Crippen molar-refractivity contribution < 1.29 is 29.1 Å². The molecule has 3 atom stereocenters. The minimum absolute atomic E-state index is 0.0231. The van der Waals surface area contributed by atoms with Crippen LogP contribution in [0.5, 0.6) is 0 Å². The number of primary amides is 1. The number of fused-ring (bicyclic) bond motifs is 1. The summed E-state index contributed by atoms with van der Waals surface area (Å²) in [5, 5.41) is 18.2. The molecule has 0 saturated heterocycles. The Kier molecular flexibility index (Phi) is 10.2. The van der Waals surface area contributed by atoms with Gasteiger partial charge in [-0.15, -0.1) is 0 Å². The summed E-state index contributed by atoms with van der Waals surface area (Å²) < 4.78 is 0. The summed E-state index contributed by atoms with van der Waals surface area (Å²) in [6.07, 6.45) is 1.35. The maximum absolute atomic E-state index is 13.2. The number of carboxylic acids is 1. The molecule has 0 saturated carbocycles. The molecule has 3 unspecified atom stereocenters. The van der Waals surface area contributed by atoms with E-state index in [9.17, 15) is 29.1 Å². The number of H-pyrrole nitrogens is 1. The van der Waals surface area contributed by atoms with Crippen molar-refractivity contribution in [1.29, 1.82) is 0 Å². The number of hydrogen-bond acceptors (Lipinski definition) is 6. The number of aromatic amines is 1. The van der Waals surface area contributed by atoms with Gasteiger partial charge in [0.15, 0.2) is 0 Å². The van der Waals surface area contributed by atoms with Crippen LogP contribution in [0.4, 0.5) is 0 Å². The quantitative estimate of drug-likeness (QED) is 0.146. The van der Waals surface area contributed by atoms with Crippen molar-refractivity contribution in [1.82, 2.24) is 20.9 Å². The number of amides is 4. The van der Waals surface area contributed by atoms with E-state index in [0.29, 0.717) is 5.56 Å². The molecule has 1 aromatic heterocycles. The summed E-state index contributed by atoms with van der Waals surface area (Å²) in [4.78, 5) is 64.9. The van der Waals surface area contributed by atoms with Crippen molar-refractivity contribution in [3.63, 3.8) is 0 Å². The molecule has 0 fully saturated rings. The van der Waals surface area contributed by atoms with Crippen molar-refractivity contribution in [2.75, 3.05) is 6.54 Å². The van der Waals surface area contributed by atoms with Gasteiger partial charge in [-0.3, -0.25) is 19.2 Å². The number of aliphatic carboxylic acids is 1. The second-order valence-corrected chi connectivity index (χ2v) is 9.04. The lowest BCUT2D eigenvalue weighted by Gasteiger charge is -2.24. The van der Waals surface area contributed by atoms with Crippen molar-refractivity contribution in [3.05, 3.63) is 71.9 Å². The highest BCUT2D eigenvalue weighted by Crippen LogP contribution is 2.19. The Labute approximate surface area is 224 Å². The predicted molar refractivity (Wildman–Crippen MR) is 143 cm³/mol. The molecule has 9 N–H and O–H groups in total. The number of carboxylic acid groups (broad SMARTS) is 1. The first-order chi connectivity index (χ1) is 18.7. The number of rotatable bonds is 14. The topological polar surface area (TPSA) is 209 Å². The van der Waals surface area contributed by atoms with Gasteiger partial charge in [0.25, 0.3) is 0 Å². The number of aromatic nitrogens is 1. The second-order valence-electron chi connectivity index (χ2n) is 9.04. The standard InChI is InChI=1S/C27H32N6O6/c28-14-24(35)31-21(12-16-6-2-1-3-7-16)26(37)32-20(10-11-23(29)34)25(36)33-22(27(38)39)13-17-15-30-19-9-5-4-8-18(17)19/h1-9,15,20-22,30H,10-14,28H2,(H2,29,34)(H,31,35)(H,32,37)(H,33,36)(H,38,39). The van der Waals surface area contributed by atoms with Crippen LogP contribution in [-0.4, -0.2) is 64.4 Å². The Morgan fingerprint density at radius 1 is 0.821 bits per heavy atom. The van der Waals surface area contributed by atoms with Crippen LogP contribution in [-0.2, 0) is 36.8 Å². The van der Waals surface area contributed by atoms with Crippen LogP contribution in [0, 0.1) is 0 Å². The van der Waals surface area contributed by atoms with Gasteiger partial charge >= 0.3 is 5.97 Å². The molecule has 0 radical (unpaired) electrons. The Bertz CT molecular complexity index is 1320. The van der Waals surface area contributed by atoms with Gasteiger partial charge in [0, 0.05) is 36.4 Å². The van der Waals surface area contributed by atoms with Crippen molar-refractivity contribution in [2.24, 2.45) is 11.5 Å². The third-order valence-corrected chi connectivity index (χ3v) is 6.15. The molecule has 12 nitrogen and oxygen atoms in total. The molecule has 206 valence electrons. The van der Waals surface area contributed by atoms with Crippen molar-refractivity contribution >= 4 is 40.5 Å². The average molecular weight is 537 g/mol. The van der Waals surface area contributed by atoms with Crippen molar-refractivity contribution in [3.8, 4) is 0 Å². The van der Waals surface area contributed by atoms with E-state index in [2.05, 4.69) is 20.9 Å². The smallest absolute Gasteiger partial charge is 0.326 e. The van der Waals surface area contributed by atoms with E-state index in [-0.39, 0.29) is 32.2 Å². The van der Waals surface area contributed by atoms with Gasteiger partial charge in [0.1, 0.15) is 18.1 Å². The number of hydrogen-bond donors (Lipinski definition) is 7. The molecule has 0 aliphatic carbocycles. The van der Waals surface area contributed by atoms with Gasteiger partial charge in [0.05, 0.1) is 6.54 Å². The maximum Gasteiger partial charge on any atom is 0.326 e. The molecule has 0 aliphatic heterocycles. The van der Waals surface area contributed by atoms with Gasteiger partial charge < -0.3 is 37.5 Å². The number of nitrogens with one attached hydrogen (secondary N) is 4. The van der Waals surface area contributed by atoms with Gasteiger partial charge in [-0.05, 0) is 23.6 Å². The van der Waals surface area contributed by atoms with E-state index in [1.54, 1.807) is 36.5 Å². The first-order valence-electron chi connectivity index (χ1n) is 12.4. The molecule has 0 aliphatic rings. The summed E-state index contributed by atoms with van der Waals surface area (Å²) in [5.74, 6) is -4.05. The largest absolute Gasteiger partial charge is 0.480 e. The van der Waals surface area contributed by atoms with E-state index >= 15 is 0 Å². The minimum atomic E-state index is -1.32. The first kappa shape index (κ1) is 28.9. The first-order valence-corrected chi connectivity index (χ1v) is 12.4. The summed E-state index contributed by atoms with van der Waals surface area (Å²) >= 11 is 0. The Morgan fingerprint density at radius 3 is 2.13 bits per heavy atom. The highest BCUT2D eigenvalue weighted by molar-refractivity contribution is 5.94. The number of nitrogens with two attached hydrogens (primary N) is 2. The molecular weight excluding hydrogens is 504 g/mol. The van der Waals surface area contributed by atoms with Gasteiger partial charge in [-0.2, -0.15) is 0 Å². The zero-order valence-electron chi connectivity index (χ0n) is 21.2. The fourth-order valence-electron chi connectivity index (χ4n) is 4.13. The van der Waals surface area contributed by atoms with E-state index in [1.165, 1.54) is 0 Å². The molecule has 12 heteroatoms. The molecule has 39 heavy (non-hydrogen) atoms. The van der Waals surface area contributed by atoms with Crippen LogP contribution in [0.1, 0.15) is 24.0 Å². The van der Waals surface area contributed by atoms with E-state index in [1.807, 2.05) is 24.3 Å². The Balaban J connectivity index is 1.77. The van der Waals surface area contributed by atoms with E-state index < -0.39 is 47.7 Å². The number of benzene rings is 2. The lowest BCUT2D eigenvalue weighted by atomic mass is 10.0. The Hall–Kier alpha value is -4.71. The number of carbonyl (C=O) groups excluding carboxylic acids is 4. The van der Waals surface area contributed by atoms with Crippen LogP contribution < -0.4 is 27.4 Å². The molecule has 1 heterocycles. The highest BCUT2D eigenvalue weighted by Gasteiger charge is 2.30. The molecule has 2 aromatic carbocycles. The van der Waals surface area contributed by atoms with E-state index in [4.69, 9.17) is 11.5 Å². The third-order valence-electron chi connectivity index (χ3n) is 6.15. The van der Waals surface area contributed by atoms with E-state index in [0.717, 1.165) is 16.5 Å². The SMILES string of the molecule is NCC(=O)NC(Cc1ccccc1)C(=O)NC(CCC(N)=O)C(=O)NC(Cc1c[nH]c2ccccc12)C(=O)O. The average Bonchev–Trinajstić information content (AvgIpc) is 3.33. The molecule has 3 aromatic rings. The molecule has 0 bridgehead atoms. The van der Waals surface area contributed by atoms with Crippen LogP contribution >= 0.6 is 0 Å². The zero-order chi connectivity index (χ0) is 28.4. The van der Waals surface area contributed by atoms with Gasteiger partial charge in [0.2, 0.25) is 23.6 Å². The summed E-state index contributed by atoms with van der Waals surface area (Å²) in [5.41, 5.74) is 12.9. The lowest BCUT2D eigenvalue weighted by Crippen LogP contribution is -2.57. The van der Waals surface area contributed by atoms with Crippen LogP contribution in [0.3, 0.4) is 0 Å². The third kappa shape index (κ3) is 8.40. The monoisotopic (exact) mass is 536 g/mol. The maximum atomic E-state index is 13.2. The molecule has 4 amide bonds. The zero-order valence-corrected chi connectivity index (χ0v) is 21.2. The number of para-hydroxylation sites is 1. The molecule has 3 rings (SSSR count). The molecule has 0 spiro atoms. The highest BCUT2D eigenvalue weighted by atomic mass is 16.4. The normalized spacial score (nSPS) is 13.2.